The number of hydrogen-bond donors (Lipinski definition) is 1. The molecule has 2 nitrogen and oxygen atoms in total. The summed E-state index contributed by atoms with van der Waals surface area (Å²) in [5.41, 5.74) is 2.27. The Morgan fingerprint density at radius 3 is 2.89 bits per heavy atom. The monoisotopic (exact) mass is 251 g/mol. The van der Waals surface area contributed by atoms with Gasteiger partial charge in [0, 0.05) is 6.07 Å². The van der Waals surface area contributed by atoms with Crippen molar-refractivity contribution >= 4 is 0 Å². The lowest BCUT2D eigenvalue weighted by Crippen LogP contribution is -2.31. The fraction of sp³-hybridized carbons (Fsp3) is 0.600. The molecule has 3 heteroatoms. The van der Waals surface area contributed by atoms with Crippen LogP contribution in [0, 0.1) is 11.7 Å². The lowest BCUT2D eigenvalue weighted by Gasteiger charge is -2.24. The first-order valence-electron chi connectivity index (χ1n) is 6.80. The van der Waals surface area contributed by atoms with E-state index in [0.717, 1.165) is 37.1 Å². The molecule has 0 aliphatic carbocycles. The molecule has 1 saturated heterocycles. The van der Waals surface area contributed by atoms with Crippen molar-refractivity contribution in [1.82, 2.24) is 5.32 Å². The van der Waals surface area contributed by atoms with E-state index in [2.05, 4.69) is 12.2 Å². The van der Waals surface area contributed by atoms with E-state index < -0.39 is 0 Å². The molecule has 1 aliphatic heterocycles. The molecule has 1 aromatic carbocycles. The molecule has 0 bridgehead atoms. The first kappa shape index (κ1) is 13.3. The van der Waals surface area contributed by atoms with Crippen molar-refractivity contribution in [3.05, 3.63) is 29.1 Å². The maximum absolute atomic E-state index is 13.6. The minimum atomic E-state index is -0.192. The molecule has 0 radical (unpaired) electrons. The number of hydrogen-bond acceptors (Lipinski definition) is 2. The fourth-order valence-corrected chi connectivity index (χ4v) is 2.84. The van der Waals surface area contributed by atoms with E-state index in [0.29, 0.717) is 11.7 Å². The van der Waals surface area contributed by atoms with Gasteiger partial charge in [-0.05, 0) is 61.9 Å². The predicted molar refractivity (Wildman–Crippen MR) is 71.6 cm³/mol. The summed E-state index contributed by atoms with van der Waals surface area (Å²) in [5, 5.41) is 3.41. The molecule has 1 aromatic rings. The average molecular weight is 251 g/mol. The van der Waals surface area contributed by atoms with Crippen LogP contribution in [0.1, 0.15) is 30.9 Å². The van der Waals surface area contributed by atoms with Crippen molar-refractivity contribution in [1.29, 1.82) is 0 Å². The highest BCUT2D eigenvalue weighted by Crippen LogP contribution is 2.28. The van der Waals surface area contributed by atoms with Gasteiger partial charge < -0.3 is 10.1 Å². The molecule has 1 unspecified atom stereocenters. The van der Waals surface area contributed by atoms with Crippen molar-refractivity contribution in [3.63, 3.8) is 0 Å². The van der Waals surface area contributed by atoms with Crippen LogP contribution in [0.2, 0.25) is 0 Å². The maximum Gasteiger partial charge on any atom is 0.127 e. The van der Waals surface area contributed by atoms with E-state index >= 15 is 0 Å². The van der Waals surface area contributed by atoms with E-state index in [4.69, 9.17) is 4.74 Å². The van der Waals surface area contributed by atoms with Gasteiger partial charge in [-0.2, -0.15) is 0 Å². The van der Waals surface area contributed by atoms with Gasteiger partial charge in [-0.15, -0.1) is 0 Å². The number of nitrogens with one attached hydrogen (secondary N) is 1. The maximum atomic E-state index is 13.6. The number of halogens is 1. The summed E-state index contributed by atoms with van der Waals surface area (Å²) >= 11 is 0. The van der Waals surface area contributed by atoms with Crippen LogP contribution < -0.4 is 10.1 Å². The number of ether oxygens (including phenoxy) is 1. The van der Waals surface area contributed by atoms with Gasteiger partial charge in [0.25, 0.3) is 0 Å². The van der Waals surface area contributed by atoms with Crippen molar-refractivity contribution in [2.75, 3.05) is 20.2 Å². The molecular formula is C15H22FNO. The molecule has 1 aliphatic rings. The number of piperidine rings is 1. The van der Waals surface area contributed by atoms with Crippen molar-refractivity contribution in [2.24, 2.45) is 5.92 Å². The Labute approximate surface area is 109 Å². The van der Waals surface area contributed by atoms with Crippen LogP contribution in [0.4, 0.5) is 4.39 Å². The van der Waals surface area contributed by atoms with Crippen LogP contribution in [0.3, 0.4) is 0 Å². The lowest BCUT2D eigenvalue weighted by molar-refractivity contribution is 0.372. The van der Waals surface area contributed by atoms with Gasteiger partial charge in [0.05, 0.1) is 7.11 Å². The van der Waals surface area contributed by atoms with E-state index in [-0.39, 0.29) is 5.82 Å². The summed E-state index contributed by atoms with van der Waals surface area (Å²) in [6.07, 6.45) is 4.29. The van der Waals surface area contributed by atoms with Crippen LogP contribution >= 0.6 is 0 Å². The van der Waals surface area contributed by atoms with Gasteiger partial charge >= 0.3 is 0 Å². The summed E-state index contributed by atoms with van der Waals surface area (Å²) in [6, 6.07) is 3.16. The van der Waals surface area contributed by atoms with E-state index in [1.165, 1.54) is 18.9 Å². The van der Waals surface area contributed by atoms with Gasteiger partial charge in [0.2, 0.25) is 0 Å². The minimum absolute atomic E-state index is 0.192. The zero-order chi connectivity index (χ0) is 13.0. The van der Waals surface area contributed by atoms with Crippen molar-refractivity contribution in [3.8, 4) is 5.75 Å². The quantitative estimate of drug-likeness (QED) is 0.888. The molecule has 0 saturated carbocycles. The number of methoxy groups -OCH3 is 1. The second-order valence-corrected chi connectivity index (χ2v) is 5.02. The Bertz CT molecular complexity index is 400. The lowest BCUT2D eigenvalue weighted by atomic mass is 9.89. The zero-order valence-corrected chi connectivity index (χ0v) is 11.3. The summed E-state index contributed by atoms with van der Waals surface area (Å²) in [5.74, 6) is 1.12. The topological polar surface area (TPSA) is 21.3 Å². The first-order valence-corrected chi connectivity index (χ1v) is 6.80. The molecule has 0 spiro atoms. The van der Waals surface area contributed by atoms with E-state index in [9.17, 15) is 4.39 Å². The fourth-order valence-electron chi connectivity index (χ4n) is 2.84. The van der Waals surface area contributed by atoms with Crippen molar-refractivity contribution < 1.29 is 9.13 Å². The molecule has 0 amide bonds. The van der Waals surface area contributed by atoms with Gasteiger partial charge in [-0.1, -0.05) is 6.92 Å². The molecule has 1 atom stereocenters. The Morgan fingerprint density at radius 1 is 1.44 bits per heavy atom. The normalized spacial score (nSPS) is 19.8. The SMILES string of the molecule is CCc1c(CC2CCCNC2)cc(F)cc1OC. The predicted octanol–water partition coefficient (Wildman–Crippen LogP) is 2.94. The Balaban J connectivity index is 2.21. The summed E-state index contributed by atoms with van der Waals surface area (Å²) in [4.78, 5) is 0. The Kier molecular flexibility index (Phi) is 4.59. The summed E-state index contributed by atoms with van der Waals surface area (Å²) in [7, 11) is 1.61. The highest BCUT2D eigenvalue weighted by atomic mass is 19.1. The zero-order valence-electron chi connectivity index (χ0n) is 11.3. The van der Waals surface area contributed by atoms with E-state index in [1.54, 1.807) is 13.2 Å². The first-order chi connectivity index (χ1) is 8.74. The van der Waals surface area contributed by atoms with Crippen molar-refractivity contribution in [2.45, 2.75) is 32.6 Å². The molecule has 1 fully saturated rings. The summed E-state index contributed by atoms with van der Waals surface area (Å²) in [6.45, 7) is 4.25. The molecular weight excluding hydrogens is 229 g/mol. The highest BCUT2D eigenvalue weighted by molar-refractivity contribution is 5.41. The minimum Gasteiger partial charge on any atom is -0.496 e. The standard InChI is InChI=1S/C15H22FNO/c1-3-14-12(7-11-5-4-6-17-10-11)8-13(16)9-15(14)18-2/h8-9,11,17H,3-7,10H2,1-2H3. The molecule has 1 N–H and O–H groups in total. The van der Waals surface area contributed by atoms with Crippen LogP contribution in [-0.4, -0.2) is 20.2 Å². The Morgan fingerprint density at radius 2 is 2.28 bits per heavy atom. The molecule has 1 heterocycles. The van der Waals surface area contributed by atoms with E-state index in [1.807, 2.05) is 0 Å². The van der Waals surface area contributed by atoms with Gasteiger partial charge in [-0.3, -0.25) is 0 Å². The molecule has 0 aromatic heterocycles. The Hall–Kier alpha value is -1.09. The van der Waals surface area contributed by atoms with Crippen LogP contribution in [0.25, 0.3) is 0 Å². The third-order valence-electron chi connectivity index (χ3n) is 3.75. The number of benzene rings is 1. The molecule has 18 heavy (non-hydrogen) atoms. The second kappa shape index (κ2) is 6.19. The molecule has 2 rings (SSSR count). The number of rotatable bonds is 4. The molecule has 100 valence electrons. The largest absolute Gasteiger partial charge is 0.496 e. The third-order valence-corrected chi connectivity index (χ3v) is 3.75. The van der Waals surface area contributed by atoms with Gasteiger partial charge in [-0.25, -0.2) is 4.39 Å². The third kappa shape index (κ3) is 3.02. The summed E-state index contributed by atoms with van der Waals surface area (Å²) < 4.78 is 18.9. The smallest absolute Gasteiger partial charge is 0.127 e. The highest BCUT2D eigenvalue weighted by Gasteiger charge is 2.17. The second-order valence-electron chi connectivity index (χ2n) is 5.02. The average Bonchev–Trinajstić information content (AvgIpc) is 2.39. The van der Waals surface area contributed by atoms with Crippen LogP contribution in [0.15, 0.2) is 12.1 Å². The van der Waals surface area contributed by atoms with Crippen LogP contribution in [-0.2, 0) is 12.8 Å². The van der Waals surface area contributed by atoms with Gasteiger partial charge in [0.15, 0.2) is 0 Å². The van der Waals surface area contributed by atoms with Crippen LogP contribution in [0.5, 0.6) is 5.75 Å². The van der Waals surface area contributed by atoms with Gasteiger partial charge in [0.1, 0.15) is 11.6 Å².